The monoisotopic (exact) mass is 438 g/mol. The van der Waals surface area contributed by atoms with E-state index < -0.39 is 11.9 Å². The first-order valence-electron chi connectivity index (χ1n) is 11.7. The maximum atomic E-state index is 12.9. The molecule has 8 nitrogen and oxygen atoms in total. The van der Waals surface area contributed by atoms with Crippen LogP contribution in [0.25, 0.3) is 0 Å². The highest BCUT2D eigenvalue weighted by Crippen LogP contribution is 2.43. The molecule has 4 amide bonds. The van der Waals surface area contributed by atoms with Crippen LogP contribution in [0.1, 0.15) is 77.6 Å². The van der Waals surface area contributed by atoms with Gasteiger partial charge in [-0.3, -0.25) is 24.5 Å². The van der Waals surface area contributed by atoms with Gasteiger partial charge in [-0.05, 0) is 87.2 Å². The number of hydrogen-bond donors (Lipinski definition) is 3. The van der Waals surface area contributed by atoms with Crippen molar-refractivity contribution in [2.45, 2.75) is 70.0 Å². The molecular weight excluding hydrogens is 408 g/mol. The van der Waals surface area contributed by atoms with Crippen LogP contribution in [-0.4, -0.2) is 53.7 Å². The van der Waals surface area contributed by atoms with Gasteiger partial charge >= 0.3 is 0 Å². The van der Waals surface area contributed by atoms with Crippen molar-refractivity contribution in [3.05, 3.63) is 34.9 Å². The molecule has 3 heterocycles. The number of piperidine rings is 2. The fourth-order valence-corrected chi connectivity index (χ4v) is 5.82. The van der Waals surface area contributed by atoms with Gasteiger partial charge in [0.15, 0.2) is 0 Å². The summed E-state index contributed by atoms with van der Waals surface area (Å²) >= 11 is 0. The molecule has 1 aliphatic carbocycles. The Balaban J connectivity index is 1.22. The maximum absolute atomic E-state index is 12.9. The number of hydrogen-bond acceptors (Lipinski definition) is 5. The molecule has 32 heavy (non-hydrogen) atoms. The zero-order chi connectivity index (χ0) is 22.3. The van der Waals surface area contributed by atoms with Crippen LogP contribution in [-0.2, 0) is 16.1 Å². The average Bonchev–Trinajstić information content (AvgIpc) is 3.12. The second-order valence-corrected chi connectivity index (χ2v) is 9.77. The van der Waals surface area contributed by atoms with E-state index in [1.807, 2.05) is 0 Å². The summed E-state index contributed by atoms with van der Waals surface area (Å²) in [7, 11) is 0. The third-order valence-corrected chi connectivity index (χ3v) is 7.83. The minimum atomic E-state index is -0.644. The molecule has 2 saturated heterocycles. The van der Waals surface area contributed by atoms with Crippen LogP contribution in [0, 0.1) is 5.41 Å². The van der Waals surface area contributed by atoms with Crippen LogP contribution in [0.3, 0.4) is 0 Å². The summed E-state index contributed by atoms with van der Waals surface area (Å²) in [5.74, 6) is -1.06. The zero-order valence-electron chi connectivity index (χ0n) is 18.2. The smallest absolute Gasteiger partial charge is 0.255 e. The van der Waals surface area contributed by atoms with E-state index in [9.17, 15) is 19.2 Å². The van der Waals surface area contributed by atoms with Crippen LogP contribution < -0.4 is 16.0 Å². The number of nitrogens with zero attached hydrogens (tertiary/aromatic N) is 1. The number of fused-ring (bicyclic) bond motifs is 1. The van der Waals surface area contributed by atoms with Gasteiger partial charge in [0.05, 0.1) is 0 Å². The van der Waals surface area contributed by atoms with Gasteiger partial charge in [0.2, 0.25) is 11.8 Å². The summed E-state index contributed by atoms with van der Waals surface area (Å²) in [5, 5.41) is 8.94. The third kappa shape index (κ3) is 3.92. The first kappa shape index (κ1) is 21.1. The number of nitrogens with one attached hydrogen (secondary N) is 3. The van der Waals surface area contributed by atoms with Gasteiger partial charge in [0.1, 0.15) is 6.04 Å². The van der Waals surface area contributed by atoms with E-state index in [0.717, 1.165) is 31.5 Å². The standard InChI is InChI=1S/C24H30N4O4/c29-20-4-3-19(22(31)27-20)28-14-16-13-15(1-2-18(16)23(28)32)21(30)26-17-5-7-24(8-6-17)9-11-25-12-10-24/h1-2,13,17,19,25H,3-12,14H2,(H,26,30)(H,27,29,31). The van der Waals surface area contributed by atoms with Gasteiger partial charge < -0.3 is 15.5 Å². The predicted molar refractivity (Wildman–Crippen MR) is 117 cm³/mol. The van der Waals surface area contributed by atoms with Crippen molar-refractivity contribution in [3.8, 4) is 0 Å². The molecule has 8 heteroatoms. The summed E-state index contributed by atoms with van der Waals surface area (Å²) in [5.41, 5.74) is 2.28. The fourth-order valence-electron chi connectivity index (χ4n) is 5.82. The summed E-state index contributed by atoms with van der Waals surface area (Å²) in [4.78, 5) is 50.9. The minimum Gasteiger partial charge on any atom is -0.349 e. The molecule has 1 saturated carbocycles. The predicted octanol–water partition coefficient (Wildman–Crippen LogP) is 1.49. The first-order valence-corrected chi connectivity index (χ1v) is 11.7. The highest BCUT2D eigenvalue weighted by Gasteiger charge is 2.40. The fraction of sp³-hybridized carbons (Fsp3) is 0.583. The van der Waals surface area contributed by atoms with Crippen LogP contribution in [0.2, 0.25) is 0 Å². The largest absolute Gasteiger partial charge is 0.349 e. The normalized spacial score (nSPS) is 25.6. The summed E-state index contributed by atoms with van der Waals surface area (Å²) in [6, 6.07) is 4.69. The van der Waals surface area contributed by atoms with E-state index in [1.165, 1.54) is 30.6 Å². The van der Waals surface area contributed by atoms with Crippen molar-refractivity contribution in [2.24, 2.45) is 5.41 Å². The van der Waals surface area contributed by atoms with Crippen molar-refractivity contribution in [1.82, 2.24) is 20.9 Å². The molecule has 3 fully saturated rings. The highest BCUT2D eigenvalue weighted by molar-refractivity contribution is 6.06. The number of amides is 4. The lowest BCUT2D eigenvalue weighted by Crippen LogP contribution is -2.52. The molecule has 0 bridgehead atoms. The molecular formula is C24H30N4O4. The molecule has 1 atom stereocenters. The van der Waals surface area contributed by atoms with Crippen LogP contribution in [0.5, 0.6) is 0 Å². The Bertz CT molecular complexity index is 959. The van der Waals surface area contributed by atoms with Gasteiger partial charge in [-0.15, -0.1) is 0 Å². The summed E-state index contributed by atoms with van der Waals surface area (Å²) in [6.07, 6.45) is 7.38. The van der Waals surface area contributed by atoms with Crippen LogP contribution >= 0.6 is 0 Å². The van der Waals surface area contributed by atoms with E-state index in [0.29, 0.717) is 23.0 Å². The molecule has 1 aromatic rings. The topological polar surface area (TPSA) is 108 Å². The maximum Gasteiger partial charge on any atom is 0.255 e. The quantitative estimate of drug-likeness (QED) is 0.620. The van der Waals surface area contributed by atoms with Crippen LogP contribution in [0.4, 0.5) is 0 Å². The van der Waals surface area contributed by atoms with Crippen molar-refractivity contribution < 1.29 is 19.2 Å². The van der Waals surface area contributed by atoms with E-state index in [-0.39, 0.29) is 36.7 Å². The van der Waals surface area contributed by atoms with Crippen LogP contribution in [0.15, 0.2) is 18.2 Å². The number of benzene rings is 1. The summed E-state index contributed by atoms with van der Waals surface area (Å²) in [6.45, 7) is 2.48. The molecule has 1 spiro atoms. The van der Waals surface area contributed by atoms with Gasteiger partial charge in [0, 0.05) is 30.1 Å². The Hall–Kier alpha value is -2.74. The average molecular weight is 439 g/mol. The van der Waals surface area contributed by atoms with E-state index in [4.69, 9.17) is 0 Å². The number of rotatable bonds is 3. The van der Waals surface area contributed by atoms with E-state index >= 15 is 0 Å². The molecule has 3 aliphatic heterocycles. The zero-order valence-corrected chi connectivity index (χ0v) is 18.2. The minimum absolute atomic E-state index is 0.106. The van der Waals surface area contributed by atoms with Gasteiger partial charge in [-0.1, -0.05) is 0 Å². The molecule has 5 rings (SSSR count). The molecule has 4 aliphatic rings. The van der Waals surface area contributed by atoms with E-state index in [1.54, 1.807) is 18.2 Å². The second kappa shape index (κ2) is 8.31. The third-order valence-electron chi connectivity index (χ3n) is 7.83. The highest BCUT2D eigenvalue weighted by atomic mass is 16.2. The molecule has 170 valence electrons. The Labute approximate surface area is 187 Å². The van der Waals surface area contributed by atoms with Gasteiger partial charge in [-0.25, -0.2) is 0 Å². The van der Waals surface area contributed by atoms with Gasteiger partial charge in [-0.2, -0.15) is 0 Å². The lowest BCUT2D eigenvalue weighted by molar-refractivity contribution is -0.136. The molecule has 0 radical (unpaired) electrons. The Kier molecular flexibility index (Phi) is 5.49. The Morgan fingerprint density at radius 3 is 2.50 bits per heavy atom. The van der Waals surface area contributed by atoms with Crippen molar-refractivity contribution in [1.29, 1.82) is 0 Å². The Morgan fingerprint density at radius 1 is 1.03 bits per heavy atom. The van der Waals surface area contributed by atoms with Crippen molar-refractivity contribution >= 4 is 23.6 Å². The van der Waals surface area contributed by atoms with Crippen molar-refractivity contribution in [2.75, 3.05) is 13.1 Å². The van der Waals surface area contributed by atoms with Crippen molar-refractivity contribution in [3.63, 3.8) is 0 Å². The number of carbonyl (C=O) groups excluding carboxylic acids is 4. The first-order chi connectivity index (χ1) is 15.4. The van der Waals surface area contributed by atoms with Gasteiger partial charge in [0.25, 0.3) is 11.8 Å². The lowest BCUT2D eigenvalue weighted by Gasteiger charge is -2.43. The van der Waals surface area contributed by atoms with E-state index in [2.05, 4.69) is 16.0 Å². The Morgan fingerprint density at radius 2 is 1.78 bits per heavy atom. The molecule has 0 aromatic heterocycles. The number of carbonyl (C=O) groups is 4. The molecule has 1 aromatic carbocycles. The molecule has 3 N–H and O–H groups in total. The SMILES string of the molecule is O=C1CCC(N2Cc3cc(C(=O)NC4CCC5(CCNCC5)CC4)ccc3C2=O)C(=O)N1. The second-order valence-electron chi connectivity index (χ2n) is 9.77. The number of imide groups is 1. The lowest BCUT2D eigenvalue weighted by atomic mass is 9.67. The summed E-state index contributed by atoms with van der Waals surface area (Å²) < 4.78 is 0. The molecule has 1 unspecified atom stereocenters.